The Balaban J connectivity index is 1.36. The summed E-state index contributed by atoms with van der Waals surface area (Å²) in [6.07, 6.45) is 0. The van der Waals surface area contributed by atoms with Gasteiger partial charge in [0.2, 0.25) is 0 Å². The number of para-hydroxylation sites is 4. The van der Waals surface area contributed by atoms with Gasteiger partial charge in [0.25, 0.3) is 0 Å². The Kier molecular flexibility index (Phi) is 4.85. The van der Waals surface area contributed by atoms with Crippen molar-refractivity contribution >= 4 is 49.3 Å². The molecule has 0 aliphatic heterocycles. The molecular formula is C36H22N4. The number of aromatic nitrogens is 3. The van der Waals surface area contributed by atoms with Gasteiger partial charge < -0.3 is 4.57 Å². The second-order valence-corrected chi connectivity index (χ2v) is 9.93. The third-order valence-electron chi connectivity index (χ3n) is 7.76. The lowest BCUT2D eigenvalue weighted by Crippen LogP contribution is -1.99. The number of benzene rings is 5. The normalized spacial score (nSPS) is 11.5. The van der Waals surface area contributed by atoms with Crippen molar-refractivity contribution in [2.24, 2.45) is 0 Å². The second-order valence-electron chi connectivity index (χ2n) is 9.93. The molecule has 5 aromatic carbocycles. The summed E-state index contributed by atoms with van der Waals surface area (Å²) in [5.74, 6) is 0.827. The van der Waals surface area contributed by atoms with E-state index in [-0.39, 0.29) is 0 Å². The zero-order valence-corrected chi connectivity index (χ0v) is 21.5. The smallest absolute Gasteiger partial charge is 0.196 e. The molecule has 0 bridgehead atoms. The lowest BCUT2D eigenvalue weighted by molar-refractivity contribution is 1.08. The molecule has 3 heterocycles. The van der Waals surface area contributed by atoms with E-state index in [9.17, 15) is 0 Å². The van der Waals surface area contributed by atoms with Crippen LogP contribution in [0.15, 0.2) is 133 Å². The Morgan fingerprint density at radius 2 is 1.00 bits per heavy atom. The van der Waals surface area contributed by atoms with Gasteiger partial charge in [-0.2, -0.15) is 0 Å². The van der Waals surface area contributed by atoms with Gasteiger partial charge in [-0.15, -0.1) is 0 Å². The zero-order chi connectivity index (χ0) is 26.6. The van der Waals surface area contributed by atoms with E-state index in [2.05, 4.69) is 117 Å². The molecule has 8 aromatic rings. The van der Waals surface area contributed by atoms with E-state index < -0.39 is 0 Å². The molecule has 186 valence electrons. The van der Waals surface area contributed by atoms with E-state index in [1.54, 1.807) is 0 Å². The molecule has 0 atom stereocenters. The maximum atomic E-state index is 7.94. The van der Waals surface area contributed by atoms with E-state index in [0.717, 1.165) is 44.8 Å². The van der Waals surface area contributed by atoms with Crippen molar-refractivity contribution in [1.82, 2.24) is 14.1 Å². The zero-order valence-electron chi connectivity index (χ0n) is 21.5. The molecule has 4 nitrogen and oxygen atoms in total. The minimum atomic E-state index is 0.580. The maximum Gasteiger partial charge on any atom is 0.196 e. The Morgan fingerprint density at radius 3 is 1.52 bits per heavy atom. The molecule has 0 spiro atoms. The first-order valence-electron chi connectivity index (χ1n) is 13.3. The Hall–Kier alpha value is -5.66. The topological polar surface area (TPSA) is 27.1 Å². The molecular weight excluding hydrogens is 488 g/mol. The predicted molar refractivity (Wildman–Crippen MR) is 165 cm³/mol. The quantitative estimate of drug-likeness (QED) is 0.217. The van der Waals surface area contributed by atoms with E-state index in [0.29, 0.717) is 5.69 Å². The highest BCUT2D eigenvalue weighted by atomic mass is 15.1. The van der Waals surface area contributed by atoms with Crippen molar-refractivity contribution in [2.45, 2.75) is 0 Å². The first-order chi connectivity index (χ1) is 19.8. The molecule has 0 N–H and O–H groups in total. The number of pyridine rings is 1. The summed E-state index contributed by atoms with van der Waals surface area (Å²) in [5.41, 5.74) is 7.66. The van der Waals surface area contributed by atoms with Crippen LogP contribution < -0.4 is 0 Å². The van der Waals surface area contributed by atoms with Crippen LogP contribution in [0.3, 0.4) is 0 Å². The van der Waals surface area contributed by atoms with E-state index >= 15 is 0 Å². The number of nitrogens with zero attached hydrogens (tertiary/aromatic N) is 4. The fraction of sp³-hybridized carbons (Fsp3) is 0. The Morgan fingerprint density at radius 1 is 0.500 bits per heavy atom. The number of fused-ring (bicyclic) bond motifs is 6. The minimum Gasteiger partial charge on any atom is -0.309 e. The molecule has 0 aliphatic carbocycles. The monoisotopic (exact) mass is 510 g/mol. The molecule has 0 fully saturated rings. The van der Waals surface area contributed by atoms with Gasteiger partial charge in [-0.3, -0.25) is 4.57 Å². The van der Waals surface area contributed by atoms with Crippen molar-refractivity contribution in [3.05, 3.63) is 145 Å². The SMILES string of the molecule is [C-]#[N+]c1ccc(-n2c3ccccc3c3ccccc32)cc1-c1cccc(-n2c3ccccc3c3ccccc32)n1. The molecule has 4 heteroatoms. The van der Waals surface area contributed by atoms with Gasteiger partial charge in [0, 0.05) is 32.8 Å². The van der Waals surface area contributed by atoms with Crippen LogP contribution in [-0.4, -0.2) is 14.1 Å². The van der Waals surface area contributed by atoms with Crippen LogP contribution in [0.25, 0.3) is 71.2 Å². The van der Waals surface area contributed by atoms with Crippen LogP contribution in [0.1, 0.15) is 0 Å². The summed E-state index contributed by atoms with van der Waals surface area (Å²) in [5, 5.41) is 4.81. The lowest BCUT2D eigenvalue weighted by Gasteiger charge is -2.13. The van der Waals surface area contributed by atoms with E-state index in [1.165, 1.54) is 21.5 Å². The first-order valence-corrected chi connectivity index (χ1v) is 13.3. The Bertz CT molecular complexity index is 2190. The van der Waals surface area contributed by atoms with Crippen molar-refractivity contribution in [2.75, 3.05) is 0 Å². The standard InChI is InChI=1S/C36H22N4/c1-37-30-22-21-24(39-32-16-6-2-11-25(32)26-12-3-7-17-33(26)39)23-29(30)31-15-10-20-36(38-31)40-34-18-8-4-13-27(34)28-14-5-9-19-35(28)40/h2-23H. The third kappa shape index (κ3) is 3.22. The van der Waals surface area contributed by atoms with Crippen LogP contribution in [0, 0.1) is 6.57 Å². The largest absolute Gasteiger partial charge is 0.309 e. The summed E-state index contributed by atoms with van der Waals surface area (Å²) in [6.45, 7) is 7.94. The van der Waals surface area contributed by atoms with Crippen LogP contribution in [-0.2, 0) is 0 Å². The molecule has 0 amide bonds. The van der Waals surface area contributed by atoms with Crippen molar-refractivity contribution in [3.8, 4) is 22.8 Å². The summed E-state index contributed by atoms with van der Waals surface area (Å²) < 4.78 is 4.49. The molecule has 0 unspecified atom stereocenters. The van der Waals surface area contributed by atoms with Gasteiger partial charge in [-0.25, -0.2) is 9.83 Å². The highest BCUT2D eigenvalue weighted by Gasteiger charge is 2.16. The van der Waals surface area contributed by atoms with Crippen LogP contribution in [0.5, 0.6) is 0 Å². The van der Waals surface area contributed by atoms with E-state index in [4.69, 9.17) is 11.6 Å². The summed E-state index contributed by atoms with van der Waals surface area (Å²) in [7, 11) is 0. The van der Waals surface area contributed by atoms with Gasteiger partial charge in [0.1, 0.15) is 5.82 Å². The fourth-order valence-electron chi connectivity index (χ4n) is 6.03. The predicted octanol–water partition coefficient (Wildman–Crippen LogP) is 9.49. The van der Waals surface area contributed by atoms with Crippen molar-refractivity contribution in [1.29, 1.82) is 0 Å². The summed E-state index contributed by atoms with van der Waals surface area (Å²) >= 11 is 0. The van der Waals surface area contributed by atoms with Gasteiger partial charge >= 0.3 is 0 Å². The average Bonchev–Trinajstić information content (AvgIpc) is 3.54. The van der Waals surface area contributed by atoms with Crippen molar-refractivity contribution in [3.63, 3.8) is 0 Å². The van der Waals surface area contributed by atoms with Gasteiger partial charge in [-0.05, 0) is 48.5 Å². The molecule has 0 radical (unpaired) electrons. The second kappa shape index (κ2) is 8.69. The lowest BCUT2D eigenvalue weighted by atomic mass is 10.1. The molecule has 0 aliphatic rings. The first kappa shape index (κ1) is 22.3. The molecule has 3 aromatic heterocycles. The Labute approximate surface area is 230 Å². The maximum absolute atomic E-state index is 7.94. The van der Waals surface area contributed by atoms with Gasteiger partial charge in [-0.1, -0.05) is 84.9 Å². The minimum absolute atomic E-state index is 0.580. The van der Waals surface area contributed by atoms with Crippen LogP contribution >= 0.6 is 0 Å². The van der Waals surface area contributed by atoms with Crippen LogP contribution in [0.4, 0.5) is 5.69 Å². The van der Waals surface area contributed by atoms with Crippen LogP contribution in [0.2, 0.25) is 0 Å². The number of hydrogen-bond acceptors (Lipinski definition) is 1. The molecule has 0 saturated carbocycles. The van der Waals surface area contributed by atoms with E-state index in [1.807, 2.05) is 30.3 Å². The van der Waals surface area contributed by atoms with Gasteiger partial charge in [0.15, 0.2) is 5.69 Å². The summed E-state index contributed by atoms with van der Waals surface area (Å²) in [4.78, 5) is 9.03. The highest BCUT2D eigenvalue weighted by Crippen LogP contribution is 2.37. The number of hydrogen-bond donors (Lipinski definition) is 0. The molecule has 0 saturated heterocycles. The highest BCUT2D eigenvalue weighted by molar-refractivity contribution is 6.10. The van der Waals surface area contributed by atoms with Crippen molar-refractivity contribution < 1.29 is 0 Å². The third-order valence-corrected chi connectivity index (χ3v) is 7.76. The fourth-order valence-corrected chi connectivity index (χ4v) is 6.03. The van der Waals surface area contributed by atoms with Gasteiger partial charge in [0.05, 0.1) is 34.3 Å². The number of rotatable bonds is 3. The average molecular weight is 511 g/mol. The summed E-state index contributed by atoms with van der Waals surface area (Å²) in [6, 6.07) is 45.9. The molecule has 40 heavy (non-hydrogen) atoms. The molecule has 8 rings (SSSR count).